The molecule has 2 aromatic carbocycles. The minimum absolute atomic E-state index is 0.0291. The topological polar surface area (TPSA) is 151 Å². The predicted octanol–water partition coefficient (Wildman–Crippen LogP) is 2.95. The van der Waals surface area contributed by atoms with Crippen LogP contribution in [0.15, 0.2) is 48.5 Å². The van der Waals surface area contributed by atoms with Crippen LogP contribution in [0.2, 0.25) is 0 Å². The van der Waals surface area contributed by atoms with E-state index in [2.05, 4.69) is 16.0 Å². The number of nitrogens with one attached hydrogen (secondary N) is 3. The van der Waals surface area contributed by atoms with Crippen LogP contribution in [0.3, 0.4) is 0 Å². The summed E-state index contributed by atoms with van der Waals surface area (Å²) in [6.07, 6.45) is -1.33. The van der Waals surface area contributed by atoms with Crippen molar-refractivity contribution in [3.05, 3.63) is 59.7 Å². The zero-order valence-electron chi connectivity index (χ0n) is 18.2. The lowest BCUT2D eigenvalue weighted by molar-refractivity contribution is -0.139. The van der Waals surface area contributed by atoms with Gasteiger partial charge in [-0.05, 0) is 30.2 Å². The maximum atomic E-state index is 12.7. The fraction of sp³-hybridized carbons (Fsp3) is 0.261. The first-order chi connectivity index (χ1) is 15.7. The summed E-state index contributed by atoms with van der Waals surface area (Å²) in [6, 6.07) is 11.9. The number of hydrogen-bond acceptors (Lipinski definition) is 6. The molecule has 10 nitrogen and oxygen atoms in total. The number of benzene rings is 2. The number of carbonyl (C=O) groups excluding carboxylic acids is 4. The van der Waals surface area contributed by atoms with Crippen molar-refractivity contribution in [3.63, 3.8) is 0 Å². The van der Waals surface area contributed by atoms with Crippen molar-refractivity contribution in [2.45, 2.75) is 39.3 Å². The first-order valence-electron chi connectivity index (χ1n) is 10.1. The molecule has 0 aliphatic rings. The lowest BCUT2D eigenvalue weighted by Crippen LogP contribution is -2.41. The van der Waals surface area contributed by atoms with Crippen molar-refractivity contribution < 1.29 is 33.8 Å². The number of anilines is 2. The van der Waals surface area contributed by atoms with Gasteiger partial charge in [0.05, 0.1) is 5.69 Å². The van der Waals surface area contributed by atoms with E-state index >= 15 is 0 Å². The molecule has 1 unspecified atom stereocenters. The van der Waals surface area contributed by atoms with Gasteiger partial charge in [0, 0.05) is 31.5 Å². The summed E-state index contributed by atoms with van der Waals surface area (Å²) in [7, 11) is 0. The van der Waals surface area contributed by atoms with Crippen molar-refractivity contribution in [2.24, 2.45) is 0 Å². The van der Waals surface area contributed by atoms with Crippen LogP contribution < -0.4 is 16.0 Å². The summed E-state index contributed by atoms with van der Waals surface area (Å²) in [4.78, 5) is 59.0. The van der Waals surface area contributed by atoms with Crippen LogP contribution in [0, 0.1) is 0 Å². The van der Waals surface area contributed by atoms with E-state index in [4.69, 9.17) is 4.74 Å². The van der Waals surface area contributed by atoms with Gasteiger partial charge < -0.3 is 25.8 Å². The highest BCUT2D eigenvalue weighted by Gasteiger charge is 2.23. The van der Waals surface area contributed by atoms with Gasteiger partial charge in [-0.15, -0.1) is 0 Å². The van der Waals surface area contributed by atoms with E-state index in [9.17, 15) is 29.1 Å². The highest BCUT2D eigenvalue weighted by atomic mass is 16.5. The number of ketones is 1. The maximum Gasteiger partial charge on any atom is 0.408 e. The van der Waals surface area contributed by atoms with E-state index in [0.29, 0.717) is 5.69 Å². The summed E-state index contributed by atoms with van der Waals surface area (Å²) < 4.78 is 5.03. The second kappa shape index (κ2) is 12.0. The van der Waals surface area contributed by atoms with Gasteiger partial charge in [-0.2, -0.15) is 0 Å². The Labute approximate surface area is 190 Å². The molecule has 1 atom stereocenters. The van der Waals surface area contributed by atoms with E-state index in [1.54, 1.807) is 24.3 Å². The highest BCUT2D eigenvalue weighted by Crippen LogP contribution is 2.23. The average Bonchev–Trinajstić information content (AvgIpc) is 2.74. The average molecular weight is 455 g/mol. The molecule has 0 heterocycles. The van der Waals surface area contributed by atoms with Gasteiger partial charge in [0.25, 0.3) is 0 Å². The second-order valence-electron chi connectivity index (χ2n) is 7.18. The number of alkyl carbamates (subject to hydrolysis) is 1. The van der Waals surface area contributed by atoms with Crippen molar-refractivity contribution in [1.82, 2.24) is 5.32 Å². The molecule has 10 heteroatoms. The van der Waals surface area contributed by atoms with Crippen molar-refractivity contribution in [2.75, 3.05) is 10.6 Å². The molecule has 174 valence electrons. The monoisotopic (exact) mass is 455 g/mol. The molecule has 0 spiro atoms. The predicted molar refractivity (Wildman–Crippen MR) is 120 cm³/mol. The summed E-state index contributed by atoms with van der Waals surface area (Å²) in [5.41, 5.74) is 1.45. The number of carbonyl (C=O) groups is 5. The van der Waals surface area contributed by atoms with E-state index in [0.717, 1.165) is 5.56 Å². The minimum atomic E-state index is -1.35. The van der Waals surface area contributed by atoms with E-state index < -0.39 is 29.8 Å². The number of hydrogen-bond donors (Lipinski definition) is 4. The lowest BCUT2D eigenvalue weighted by atomic mass is 10.0. The van der Waals surface area contributed by atoms with Gasteiger partial charge >= 0.3 is 12.1 Å². The molecular weight excluding hydrogens is 430 g/mol. The van der Waals surface area contributed by atoms with Gasteiger partial charge in [0.2, 0.25) is 11.8 Å². The van der Waals surface area contributed by atoms with Gasteiger partial charge in [-0.1, -0.05) is 30.3 Å². The number of ether oxygens (including phenoxy) is 1. The fourth-order valence-electron chi connectivity index (χ4n) is 2.94. The Morgan fingerprint density at radius 2 is 1.61 bits per heavy atom. The summed E-state index contributed by atoms with van der Waals surface area (Å²) >= 11 is 0. The zero-order valence-corrected chi connectivity index (χ0v) is 18.2. The Morgan fingerprint density at radius 3 is 2.21 bits per heavy atom. The SMILES string of the molecule is CC(=O)Nc1ccc(C(=O)CCC(NC(=O)OCc2ccccc2)C(=O)O)c(NC(C)=O)c1. The molecule has 0 bridgehead atoms. The number of aliphatic carboxylic acids is 1. The number of rotatable bonds is 10. The van der Waals surface area contributed by atoms with E-state index in [-0.39, 0.29) is 36.6 Å². The third-order valence-electron chi connectivity index (χ3n) is 4.41. The molecule has 2 rings (SSSR count). The van der Waals surface area contributed by atoms with Gasteiger partial charge in [0.15, 0.2) is 5.78 Å². The Kier molecular flexibility index (Phi) is 9.10. The van der Waals surface area contributed by atoms with E-state index in [1.165, 1.54) is 32.0 Å². The van der Waals surface area contributed by atoms with Gasteiger partial charge in [0.1, 0.15) is 12.6 Å². The Bertz CT molecular complexity index is 1040. The molecule has 0 aliphatic carbocycles. The molecule has 3 amide bonds. The van der Waals surface area contributed by atoms with Gasteiger partial charge in [-0.3, -0.25) is 14.4 Å². The lowest BCUT2D eigenvalue weighted by Gasteiger charge is -2.15. The molecule has 0 aromatic heterocycles. The van der Waals surface area contributed by atoms with Gasteiger partial charge in [-0.25, -0.2) is 9.59 Å². The molecule has 0 fully saturated rings. The standard InChI is InChI=1S/C23H25N3O7/c1-14(27)24-17-8-9-18(20(12-17)25-15(2)28)21(29)11-10-19(22(30)31)26-23(32)33-13-16-6-4-3-5-7-16/h3-9,12,19H,10-11,13H2,1-2H3,(H,24,27)(H,25,28)(H,26,32)(H,30,31). The third kappa shape index (κ3) is 8.44. The summed E-state index contributed by atoms with van der Waals surface area (Å²) in [5.74, 6) is -2.51. The molecule has 4 N–H and O–H groups in total. The first-order valence-corrected chi connectivity index (χ1v) is 10.1. The number of carboxylic acid groups (broad SMARTS) is 1. The minimum Gasteiger partial charge on any atom is -0.480 e. The van der Waals surface area contributed by atoms with Crippen LogP contribution in [0.4, 0.5) is 16.2 Å². The van der Waals surface area contributed by atoms with Crippen LogP contribution in [-0.4, -0.2) is 40.8 Å². The number of amides is 3. The normalized spacial score (nSPS) is 11.1. The van der Waals surface area contributed by atoms with Crippen molar-refractivity contribution in [3.8, 4) is 0 Å². The quantitative estimate of drug-likeness (QED) is 0.402. The summed E-state index contributed by atoms with van der Waals surface area (Å²) in [5, 5.41) is 16.7. The highest BCUT2D eigenvalue weighted by molar-refractivity contribution is 6.05. The van der Waals surface area contributed by atoms with Crippen LogP contribution in [0.25, 0.3) is 0 Å². The second-order valence-corrected chi connectivity index (χ2v) is 7.18. The molecule has 0 aliphatic heterocycles. The van der Waals surface area contributed by atoms with Crippen LogP contribution in [-0.2, 0) is 25.7 Å². The smallest absolute Gasteiger partial charge is 0.408 e. The van der Waals surface area contributed by atoms with E-state index in [1.807, 2.05) is 6.07 Å². The van der Waals surface area contributed by atoms with Crippen molar-refractivity contribution in [1.29, 1.82) is 0 Å². The number of Topliss-reactive ketones (excluding diaryl/α,β-unsaturated/α-hetero) is 1. The van der Waals surface area contributed by atoms with Crippen molar-refractivity contribution >= 4 is 41.0 Å². The largest absolute Gasteiger partial charge is 0.480 e. The fourth-order valence-corrected chi connectivity index (χ4v) is 2.94. The first kappa shape index (κ1) is 25.1. The summed E-state index contributed by atoms with van der Waals surface area (Å²) in [6.45, 7) is 2.56. The molecule has 0 saturated heterocycles. The maximum absolute atomic E-state index is 12.7. The molecule has 0 radical (unpaired) electrons. The molecular formula is C23H25N3O7. The zero-order chi connectivity index (χ0) is 24.4. The van der Waals surface area contributed by atoms with Crippen LogP contribution >= 0.6 is 0 Å². The Balaban J connectivity index is 2.01. The third-order valence-corrected chi connectivity index (χ3v) is 4.41. The molecule has 0 saturated carbocycles. The van der Waals surface area contributed by atoms with Crippen LogP contribution in [0.5, 0.6) is 0 Å². The molecule has 2 aromatic rings. The Morgan fingerprint density at radius 1 is 0.939 bits per heavy atom. The molecule has 33 heavy (non-hydrogen) atoms. The number of carboxylic acids is 1. The Hall–Kier alpha value is -4.21. The van der Waals surface area contributed by atoms with Crippen LogP contribution in [0.1, 0.15) is 42.6 Å².